The maximum absolute atomic E-state index is 13.6. The van der Waals surface area contributed by atoms with Crippen LogP contribution in [0.25, 0.3) is 0 Å². The quantitative estimate of drug-likeness (QED) is 0.834. The van der Waals surface area contributed by atoms with Crippen molar-refractivity contribution in [2.75, 3.05) is 19.3 Å². The van der Waals surface area contributed by atoms with Gasteiger partial charge < -0.3 is 10.6 Å². The molecule has 2 aromatic rings. The number of sulfone groups is 1. The molecule has 3 rings (SSSR count). The number of piperidine rings is 1. The first kappa shape index (κ1) is 19.4. The minimum absolute atomic E-state index is 0.0640. The van der Waals surface area contributed by atoms with Crippen LogP contribution in [0.4, 0.5) is 8.78 Å². The number of hydrogen-bond acceptors (Lipinski definition) is 4. The van der Waals surface area contributed by atoms with Crippen LogP contribution < -0.4 is 10.6 Å². The number of rotatable bonds is 4. The van der Waals surface area contributed by atoms with Crippen molar-refractivity contribution in [3.05, 3.63) is 65.2 Å². The van der Waals surface area contributed by atoms with Crippen molar-refractivity contribution in [1.82, 2.24) is 10.6 Å². The Morgan fingerprint density at radius 1 is 1.15 bits per heavy atom. The highest BCUT2D eigenvalue weighted by atomic mass is 32.2. The number of amides is 1. The van der Waals surface area contributed by atoms with Crippen molar-refractivity contribution in [2.45, 2.75) is 23.3 Å². The number of carbonyl (C=O) groups excluding carboxylic acids is 1. The van der Waals surface area contributed by atoms with E-state index in [1.165, 1.54) is 30.3 Å². The van der Waals surface area contributed by atoms with E-state index in [1.807, 2.05) is 0 Å². The second-order valence-electron chi connectivity index (χ2n) is 6.65. The number of hydrogen-bond donors (Lipinski definition) is 2. The summed E-state index contributed by atoms with van der Waals surface area (Å²) in [5.74, 6) is -2.42. The molecule has 2 atom stereocenters. The summed E-state index contributed by atoms with van der Waals surface area (Å²) in [4.78, 5) is 12.7. The fraction of sp³-hybridized carbons (Fsp3) is 0.316. The molecular weight excluding hydrogens is 374 g/mol. The van der Waals surface area contributed by atoms with Gasteiger partial charge in [-0.3, -0.25) is 4.79 Å². The Labute approximate surface area is 156 Å². The normalized spacial score (nSPS) is 20.3. The van der Waals surface area contributed by atoms with Crippen molar-refractivity contribution in [3.63, 3.8) is 0 Å². The van der Waals surface area contributed by atoms with Gasteiger partial charge in [-0.1, -0.05) is 12.1 Å². The standard InChI is InChI=1S/C19H20F2N2O3S/c1-27(25,26)14-4-2-3-13(9-14)19(24)23-18-11-22-8-7-15(18)12-5-6-16(20)17(21)10-12/h2-6,9-10,15,18,22H,7-8,11H2,1H3,(H,23,24). The lowest BCUT2D eigenvalue weighted by atomic mass is 9.85. The van der Waals surface area contributed by atoms with Crippen LogP contribution in [-0.2, 0) is 9.84 Å². The van der Waals surface area contributed by atoms with Gasteiger partial charge in [-0.05, 0) is 48.9 Å². The largest absolute Gasteiger partial charge is 0.347 e. The third-order valence-electron chi connectivity index (χ3n) is 4.69. The monoisotopic (exact) mass is 394 g/mol. The molecule has 1 saturated heterocycles. The Hall–Kier alpha value is -2.32. The van der Waals surface area contributed by atoms with E-state index in [9.17, 15) is 22.0 Å². The molecule has 2 aromatic carbocycles. The summed E-state index contributed by atoms with van der Waals surface area (Å²) in [7, 11) is -3.42. The smallest absolute Gasteiger partial charge is 0.251 e. The van der Waals surface area contributed by atoms with E-state index >= 15 is 0 Å². The summed E-state index contributed by atoms with van der Waals surface area (Å²) >= 11 is 0. The average Bonchev–Trinajstić information content (AvgIpc) is 2.64. The van der Waals surface area contributed by atoms with E-state index in [0.717, 1.165) is 18.4 Å². The van der Waals surface area contributed by atoms with E-state index in [0.29, 0.717) is 25.1 Å². The van der Waals surface area contributed by atoms with Gasteiger partial charge in [0.2, 0.25) is 0 Å². The molecule has 2 N–H and O–H groups in total. The molecular formula is C19H20F2N2O3S. The Bertz CT molecular complexity index is 963. The average molecular weight is 394 g/mol. The number of halogens is 2. The van der Waals surface area contributed by atoms with Crippen molar-refractivity contribution in [1.29, 1.82) is 0 Å². The molecule has 1 aliphatic heterocycles. The minimum Gasteiger partial charge on any atom is -0.347 e. The Kier molecular flexibility index (Phi) is 5.57. The maximum atomic E-state index is 13.6. The highest BCUT2D eigenvalue weighted by Gasteiger charge is 2.28. The number of carbonyl (C=O) groups is 1. The maximum Gasteiger partial charge on any atom is 0.251 e. The molecule has 0 bridgehead atoms. The zero-order valence-electron chi connectivity index (χ0n) is 14.7. The predicted octanol–water partition coefficient (Wildman–Crippen LogP) is 2.24. The number of nitrogens with one attached hydrogen (secondary N) is 2. The lowest BCUT2D eigenvalue weighted by Crippen LogP contribution is -2.50. The second kappa shape index (κ2) is 7.74. The summed E-state index contributed by atoms with van der Waals surface area (Å²) in [6, 6.07) is 9.24. The van der Waals surface area contributed by atoms with E-state index in [4.69, 9.17) is 0 Å². The molecule has 1 heterocycles. The van der Waals surface area contributed by atoms with Gasteiger partial charge in [0.05, 0.1) is 4.90 Å². The van der Waals surface area contributed by atoms with Crippen LogP contribution in [-0.4, -0.2) is 39.7 Å². The second-order valence-corrected chi connectivity index (χ2v) is 8.67. The molecule has 8 heteroatoms. The third kappa shape index (κ3) is 4.51. The van der Waals surface area contributed by atoms with E-state index in [2.05, 4.69) is 10.6 Å². The molecule has 0 spiro atoms. The van der Waals surface area contributed by atoms with Crippen molar-refractivity contribution >= 4 is 15.7 Å². The minimum atomic E-state index is -3.42. The van der Waals surface area contributed by atoms with Crippen molar-refractivity contribution in [3.8, 4) is 0 Å². The van der Waals surface area contributed by atoms with Gasteiger partial charge in [0.25, 0.3) is 5.91 Å². The van der Waals surface area contributed by atoms with E-state index in [1.54, 1.807) is 0 Å². The van der Waals surface area contributed by atoms with Gasteiger partial charge in [-0.25, -0.2) is 17.2 Å². The zero-order valence-corrected chi connectivity index (χ0v) is 15.5. The SMILES string of the molecule is CS(=O)(=O)c1cccc(C(=O)NC2CNCCC2c2ccc(F)c(F)c2)c1. The van der Waals surface area contributed by atoms with Crippen molar-refractivity contribution < 1.29 is 22.0 Å². The van der Waals surface area contributed by atoms with Crippen LogP contribution in [0, 0.1) is 11.6 Å². The van der Waals surface area contributed by atoms with Crippen LogP contribution in [0.3, 0.4) is 0 Å². The van der Waals surface area contributed by atoms with Crippen LogP contribution in [0.1, 0.15) is 28.3 Å². The lowest BCUT2D eigenvalue weighted by Gasteiger charge is -2.33. The van der Waals surface area contributed by atoms with E-state index in [-0.39, 0.29) is 22.4 Å². The molecule has 0 aromatic heterocycles. The first-order chi connectivity index (χ1) is 12.8. The fourth-order valence-electron chi connectivity index (χ4n) is 3.27. The van der Waals surface area contributed by atoms with Crippen LogP contribution in [0.2, 0.25) is 0 Å². The van der Waals surface area contributed by atoms with Gasteiger partial charge in [0, 0.05) is 30.3 Å². The highest BCUT2D eigenvalue weighted by Crippen LogP contribution is 2.27. The third-order valence-corrected chi connectivity index (χ3v) is 5.80. The van der Waals surface area contributed by atoms with Crippen LogP contribution in [0.15, 0.2) is 47.4 Å². The molecule has 27 heavy (non-hydrogen) atoms. The molecule has 1 amide bonds. The molecule has 5 nitrogen and oxygen atoms in total. The highest BCUT2D eigenvalue weighted by molar-refractivity contribution is 7.90. The Morgan fingerprint density at radius 2 is 1.93 bits per heavy atom. The topological polar surface area (TPSA) is 75.3 Å². The summed E-state index contributed by atoms with van der Waals surface area (Å²) in [6.45, 7) is 1.17. The van der Waals surface area contributed by atoms with Gasteiger partial charge in [0.15, 0.2) is 21.5 Å². The first-order valence-corrected chi connectivity index (χ1v) is 10.4. The molecule has 0 saturated carbocycles. The number of benzene rings is 2. The zero-order chi connectivity index (χ0) is 19.6. The summed E-state index contributed by atoms with van der Waals surface area (Å²) in [5, 5.41) is 6.06. The molecule has 144 valence electrons. The molecule has 2 unspecified atom stereocenters. The van der Waals surface area contributed by atoms with Crippen molar-refractivity contribution in [2.24, 2.45) is 0 Å². The molecule has 1 aliphatic rings. The van der Waals surface area contributed by atoms with Gasteiger partial charge >= 0.3 is 0 Å². The summed E-state index contributed by atoms with van der Waals surface area (Å²) in [6.07, 6.45) is 1.73. The summed E-state index contributed by atoms with van der Waals surface area (Å²) in [5.41, 5.74) is 0.845. The van der Waals surface area contributed by atoms with E-state index < -0.39 is 27.4 Å². The molecule has 0 aliphatic carbocycles. The lowest BCUT2D eigenvalue weighted by molar-refractivity contribution is 0.0924. The van der Waals surface area contributed by atoms with Crippen LogP contribution in [0.5, 0.6) is 0 Å². The molecule has 0 radical (unpaired) electrons. The fourth-order valence-corrected chi connectivity index (χ4v) is 3.94. The van der Waals surface area contributed by atoms with Gasteiger partial charge in [-0.15, -0.1) is 0 Å². The first-order valence-electron chi connectivity index (χ1n) is 8.52. The van der Waals surface area contributed by atoms with Gasteiger partial charge in [0.1, 0.15) is 0 Å². The summed E-state index contributed by atoms with van der Waals surface area (Å²) < 4.78 is 50.2. The Morgan fingerprint density at radius 3 is 2.63 bits per heavy atom. The van der Waals surface area contributed by atoms with Crippen LogP contribution >= 0.6 is 0 Å². The van der Waals surface area contributed by atoms with Gasteiger partial charge in [-0.2, -0.15) is 0 Å². The predicted molar refractivity (Wildman–Crippen MR) is 97.4 cm³/mol. The molecule has 1 fully saturated rings. The Balaban J connectivity index is 1.82.